The zero-order valence-electron chi connectivity index (χ0n) is 17.3. The topological polar surface area (TPSA) is 30.0 Å². The Morgan fingerprint density at radius 2 is 1.57 bits per heavy atom. The highest BCUT2D eigenvalue weighted by atomic mass is 35.5. The molecule has 30 heavy (non-hydrogen) atoms. The molecule has 160 valence electrons. The van der Waals surface area contributed by atoms with E-state index in [0.29, 0.717) is 18.0 Å². The molecule has 2 aromatic carbocycles. The van der Waals surface area contributed by atoms with Crippen LogP contribution in [0.3, 0.4) is 0 Å². The van der Waals surface area contributed by atoms with Crippen molar-refractivity contribution in [1.82, 2.24) is 9.91 Å². The standard InChI is InChI=1S/C23H28ClFN4O/c1-18-17-23(30)28(29(18)22-7-3-19(24)4-8-22)12-2-11-26-13-15-27(16-14-26)21-9-5-20(25)6-10-21/h3-10,18H,2,11-17H2,1H3. The average Bonchev–Trinajstić information content (AvgIpc) is 3.03. The number of carbonyl (C=O) groups excluding carboxylic acids is 1. The fourth-order valence-corrected chi connectivity index (χ4v) is 4.47. The van der Waals surface area contributed by atoms with Gasteiger partial charge in [-0.15, -0.1) is 0 Å². The third kappa shape index (κ3) is 4.71. The normalized spacial score (nSPS) is 20.3. The molecule has 0 radical (unpaired) electrons. The molecule has 5 nitrogen and oxygen atoms in total. The van der Waals surface area contributed by atoms with Crippen LogP contribution in [-0.4, -0.2) is 61.1 Å². The molecule has 0 aliphatic carbocycles. The van der Waals surface area contributed by atoms with E-state index >= 15 is 0 Å². The first-order chi connectivity index (χ1) is 14.5. The zero-order chi connectivity index (χ0) is 21.1. The lowest BCUT2D eigenvalue weighted by Crippen LogP contribution is -2.48. The van der Waals surface area contributed by atoms with Crippen LogP contribution in [0.25, 0.3) is 0 Å². The average molecular weight is 431 g/mol. The van der Waals surface area contributed by atoms with E-state index in [1.165, 1.54) is 12.1 Å². The van der Waals surface area contributed by atoms with Crippen molar-refractivity contribution in [3.05, 3.63) is 59.4 Å². The summed E-state index contributed by atoms with van der Waals surface area (Å²) in [5.74, 6) is -0.0191. The van der Waals surface area contributed by atoms with E-state index in [0.717, 1.165) is 50.5 Å². The fourth-order valence-electron chi connectivity index (χ4n) is 4.35. The summed E-state index contributed by atoms with van der Waals surface area (Å²) in [7, 11) is 0. The van der Waals surface area contributed by atoms with E-state index in [1.54, 1.807) is 0 Å². The Balaban J connectivity index is 1.28. The molecule has 0 saturated carbocycles. The highest BCUT2D eigenvalue weighted by Crippen LogP contribution is 2.28. The van der Waals surface area contributed by atoms with Gasteiger partial charge in [-0.25, -0.2) is 4.39 Å². The summed E-state index contributed by atoms with van der Waals surface area (Å²) in [4.78, 5) is 17.3. The van der Waals surface area contributed by atoms with Gasteiger partial charge >= 0.3 is 0 Å². The van der Waals surface area contributed by atoms with Crippen LogP contribution in [0, 0.1) is 5.82 Å². The van der Waals surface area contributed by atoms with Crippen LogP contribution in [0.15, 0.2) is 48.5 Å². The highest BCUT2D eigenvalue weighted by Gasteiger charge is 2.35. The second-order valence-electron chi connectivity index (χ2n) is 8.05. The predicted octanol–water partition coefficient (Wildman–Crippen LogP) is 4.03. The molecule has 2 heterocycles. The first-order valence-corrected chi connectivity index (χ1v) is 11.0. The fraction of sp³-hybridized carbons (Fsp3) is 0.435. The maximum absolute atomic E-state index is 13.1. The number of halogens is 2. The second-order valence-corrected chi connectivity index (χ2v) is 8.49. The van der Waals surface area contributed by atoms with Crippen LogP contribution in [-0.2, 0) is 4.79 Å². The van der Waals surface area contributed by atoms with Crippen molar-refractivity contribution in [3.8, 4) is 0 Å². The third-order valence-corrected chi connectivity index (χ3v) is 6.19. The molecule has 1 unspecified atom stereocenters. The van der Waals surface area contributed by atoms with Crippen LogP contribution in [0.1, 0.15) is 19.8 Å². The zero-order valence-corrected chi connectivity index (χ0v) is 18.1. The molecule has 0 bridgehead atoms. The molecule has 7 heteroatoms. The van der Waals surface area contributed by atoms with Crippen molar-refractivity contribution in [2.75, 3.05) is 49.2 Å². The Bertz CT molecular complexity index is 853. The van der Waals surface area contributed by atoms with Gasteiger partial charge < -0.3 is 4.90 Å². The maximum atomic E-state index is 13.1. The van der Waals surface area contributed by atoms with Crippen LogP contribution < -0.4 is 9.91 Å². The molecule has 2 aliphatic heterocycles. The van der Waals surface area contributed by atoms with E-state index in [9.17, 15) is 9.18 Å². The van der Waals surface area contributed by atoms with Gasteiger partial charge in [0.05, 0.1) is 18.2 Å². The summed E-state index contributed by atoms with van der Waals surface area (Å²) < 4.78 is 13.1. The molecule has 2 aliphatic rings. The number of amides is 1. The maximum Gasteiger partial charge on any atom is 0.243 e. The number of rotatable bonds is 6. The van der Waals surface area contributed by atoms with Gasteiger partial charge in [-0.1, -0.05) is 11.6 Å². The molecule has 1 amide bonds. The van der Waals surface area contributed by atoms with Gasteiger partial charge in [0.2, 0.25) is 5.91 Å². The van der Waals surface area contributed by atoms with E-state index in [1.807, 2.05) is 41.4 Å². The van der Waals surface area contributed by atoms with Crippen LogP contribution in [0.5, 0.6) is 0 Å². The Morgan fingerprint density at radius 3 is 2.23 bits per heavy atom. The Morgan fingerprint density at radius 1 is 0.933 bits per heavy atom. The molecular weight excluding hydrogens is 403 g/mol. The SMILES string of the molecule is CC1CC(=O)N(CCCN2CCN(c3ccc(F)cc3)CC2)N1c1ccc(Cl)cc1. The lowest BCUT2D eigenvalue weighted by molar-refractivity contribution is -0.128. The van der Waals surface area contributed by atoms with Crippen molar-refractivity contribution in [2.24, 2.45) is 0 Å². The lowest BCUT2D eigenvalue weighted by atomic mass is 10.2. The number of hydrazine groups is 1. The smallest absolute Gasteiger partial charge is 0.243 e. The predicted molar refractivity (Wildman–Crippen MR) is 119 cm³/mol. The number of piperazine rings is 1. The minimum atomic E-state index is -0.198. The molecule has 0 N–H and O–H groups in total. The summed E-state index contributed by atoms with van der Waals surface area (Å²) in [6.07, 6.45) is 1.47. The number of hydrogen-bond donors (Lipinski definition) is 0. The number of nitrogens with zero attached hydrogens (tertiary/aromatic N) is 4. The third-order valence-electron chi connectivity index (χ3n) is 5.94. The Kier molecular flexibility index (Phi) is 6.44. The van der Waals surface area contributed by atoms with E-state index in [2.05, 4.69) is 21.7 Å². The van der Waals surface area contributed by atoms with Crippen molar-refractivity contribution in [1.29, 1.82) is 0 Å². The summed E-state index contributed by atoms with van der Waals surface area (Å²) in [6, 6.07) is 14.5. The van der Waals surface area contributed by atoms with Crippen LogP contribution in [0.4, 0.5) is 15.8 Å². The van der Waals surface area contributed by atoms with Crippen LogP contribution in [0.2, 0.25) is 5.02 Å². The molecule has 1 atom stereocenters. The minimum Gasteiger partial charge on any atom is -0.369 e. The molecule has 0 aromatic heterocycles. The lowest BCUT2D eigenvalue weighted by Gasteiger charge is -2.37. The van der Waals surface area contributed by atoms with E-state index in [4.69, 9.17) is 11.6 Å². The monoisotopic (exact) mass is 430 g/mol. The van der Waals surface area contributed by atoms with Gasteiger partial charge in [0.1, 0.15) is 5.82 Å². The first kappa shape index (κ1) is 20.9. The largest absolute Gasteiger partial charge is 0.369 e. The van der Waals surface area contributed by atoms with Crippen molar-refractivity contribution < 1.29 is 9.18 Å². The van der Waals surface area contributed by atoms with Crippen molar-refractivity contribution >= 4 is 28.9 Å². The summed E-state index contributed by atoms with van der Waals surface area (Å²) >= 11 is 6.02. The number of hydrogen-bond acceptors (Lipinski definition) is 4. The van der Waals surface area contributed by atoms with Crippen molar-refractivity contribution in [2.45, 2.75) is 25.8 Å². The molecular formula is C23H28ClFN4O. The van der Waals surface area contributed by atoms with E-state index < -0.39 is 0 Å². The molecule has 4 rings (SSSR count). The van der Waals surface area contributed by atoms with Gasteiger partial charge in [0, 0.05) is 50.0 Å². The van der Waals surface area contributed by atoms with Crippen molar-refractivity contribution in [3.63, 3.8) is 0 Å². The quantitative estimate of drug-likeness (QED) is 0.692. The van der Waals surface area contributed by atoms with Gasteiger partial charge in [-0.2, -0.15) is 0 Å². The number of carbonyl (C=O) groups is 1. The number of anilines is 2. The summed E-state index contributed by atoms with van der Waals surface area (Å²) in [5, 5.41) is 4.69. The molecule has 2 saturated heterocycles. The Hall–Kier alpha value is -2.31. The first-order valence-electron chi connectivity index (χ1n) is 10.6. The molecule has 0 spiro atoms. The Labute approximate surface area is 182 Å². The van der Waals surface area contributed by atoms with Gasteiger partial charge in [0.25, 0.3) is 0 Å². The second kappa shape index (κ2) is 9.23. The summed E-state index contributed by atoms with van der Waals surface area (Å²) in [5.41, 5.74) is 2.08. The van der Waals surface area contributed by atoms with Gasteiger partial charge in [-0.05, 0) is 61.9 Å². The molecule has 2 fully saturated rings. The highest BCUT2D eigenvalue weighted by molar-refractivity contribution is 6.30. The summed E-state index contributed by atoms with van der Waals surface area (Å²) in [6.45, 7) is 7.57. The number of benzene rings is 2. The minimum absolute atomic E-state index is 0.151. The molecule has 2 aromatic rings. The van der Waals surface area contributed by atoms with Gasteiger partial charge in [-0.3, -0.25) is 19.7 Å². The van der Waals surface area contributed by atoms with Gasteiger partial charge in [0.15, 0.2) is 0 Å². The van der Waals surface area contributed by atoms with Crippen LogP contribution >= 0.6 is 11.6 Å². The van der Waals surface area contributed by atoms with E-state index in [-0.39, 0.29) is 17.8 Å².